The maximum absolute atomic E-state index is 10.7. The number of hydrogen-bond acceptors (Lipinski definition) is 5. The minimum atomic E-state index is -0.395. The van der Waals surface area contributed by atoms with E-state index < -0.39 is 4.92 Å². The van der Waals surface area contributed by atoms with Crippen LogP contribution in [0.2, 0.25) is 0 Å². The number of rotatable bonds is 5. The SMILES string of the molecule is CN(C)c1ccc(N2CC=C(C=Cc3ccc([N+](=O)[O-])cc3)N2)cc1. The first-order chi connectivity index (χ1) is 12.0. The van der Waals surface area contributed by atoms with E-state index in [2.05, 4.69) is 45.7 Å². The van der Waals surface area contributed by atoms with Gasteiger partial charge in [0, 0.05) is 31.9 Å². The largest absolute Gasteiger partial charge is 0.378 e. The third kappa shape index (κ3) is 3.98. The first-order valence-corrected chi connectivity index (χ1v) is 7.97. The van der Waals surface area contributed by atoms with E-state index in [1.807, 2.05) is 26.2 Å². The molecule has 1 aliphatic heterocycles. The minimum absolute atomic E-state index is 0.0997. The molecule has 1 aliphatic rings. The summed E-state index contributed by atoms with van der Waals surface area (Å²) in [5.74, 6) is 0. The van der Waals surface area contributed by atoms with E-state index in [1.165, 1.54) is 12.1 Å². The number of hydrazine groups is 1. The van der Waals surface area contributed by atoms with E-state index in [1.54, 1.807) is 12.1 Å². The Hall–Kier alpha value is -3.28. The lowest BCUT2D eigenvalue weighted by Gasteiger charge is -2.21. The molecule has 25 heavy (non-hydrogen) atoms. The highest BCUT2D eigenvalue weighted by Crippen LogP contribution is 2.21. The standard InChI is InChI=1S/C19H20N4O2/c1-21(2)17-9-11-18(12-10-17)22-14-13-16(20-22)6-3-15-4-7-19(8-5-15)23(24)25/h3-13,20H,14H2,1-2H3. The van der Waals surface area contributed by atoms with Gasteiger partial charge in [-0.2, -0.15) is 0 Å². The van der Waals surface area contributed by atoms with Gasteiger partial charge in [0.25, 0.3) is 5.69 Å². The summed E-state index contributed by atoms with van der Waals surface area (Å²) in [6.07, 6.45) is 6.00. The molecule has 0 saturated carbocycles. The number of nitro groups is 1. The van der Waals surface area contributed by atoms with E-state index in [-0.39, 0.29) is 5.69 Å². The third-order valence-electron chi connectivity index (χ3n) is 3.99. The van der Waals surface area contributed by atoms with Crippen LogP contribution < -0.4 is 15.3 Å². The average molecular weight is 336 g/mol. The predicted octanol–water partition coefficient (Wildman–Crippen LogP) is 3.58. The molecule has 0 amide bonds. The second kappa shape index (κ2) is 7.09. The summed E-state index contributed by atoms with van der Waals surface area (Å²) in [7, 11) is 4.04. The highest BCUT2D eigenvalue weighted by atomic mass is 16.6. The zero-order chi connectivity index (χ0) is 17.8. The molecule has 3 rings (SSSR count). The van der Waals surface area contributed by atoms with Crippen LogP contribution in [0.1, 0.15) is 5.56 Å². The molecule has 0 bridgehead atoms. The molecule has 0 saturated heterocycles. The van der Waals surface area contributed by atoms with Crippen molar-refractivity contribution in [2.24, 2.45) is 0 Å². The summed E-state index contributed by atoms with van der Waals surface area (Å²) in [6, 6.07) is 14.8. The molecule has 6 heteroatoms. The van der Waals surface area contributed by atoms with Crippen molar-refractivity contribution < 1.29 is 4.92 Å². The molecule has 128 valence electrons. The van der Waals surface area contributed by atoms with Gasteiger partial charge < -0.3 is 4.90 Å². The second-order valence-electron chi connectivity index (χ2n) is 5.97. The van der Waals surface area contributed by atoms with Crippen LogP contribution >= 0.6 is 0 Å². The molecular weight excluding hydrogens is 316 g/mol. The topological polar surface area (TPSA) is 61.7 Å². The molecule has 0 aromatic heterocycles. The Balaban J connectivity index is 1.61. The number of allylic oxidation sites excluding steroid dienone is 1. The van der Waals surface area contributed by atoms with Crippen LogP contribution in [0.5, 0.6) is 0 Å². The Morgan fingerprint density at radius 3 is 2.36 bits per heavy atom. The second-order valence-corrected chi connectivity index (χ2v) is 5.97. The fraction of sp³-hybridized carbons (Fsp3) is 0.158. The number of hydrogen-bond donors (Lipinski definition) is 1. The average Bonchev–Trinajstić information content (AvgIpc) is 3.09. The summed E-state index contributed by atoms with van der Waals surface area (Å²) < 4.78 is 0. The van der Waals surface area contributed by atoms with Crippen LogP contribution in [0, 0.1) is 10.1 Å². The van der Waals surface area contributed by atoms with Gasteiger partial charge in [-0.05, 0) is 54.1 Å². The van der Waals surface area contributed by atoms with E-state index in [0.29, 0.717) is 0 Å². The molecule has 0 radical (unpaired) electrons. The molecule has 1 N–H and O–H groups in total. The van der Waals surface area contributed by atoms with Gasteiger partial charge in [-0.3, -0.25) is 20.5 Å². The minimum Gasteiger partial charge on any atom is -0.378 e. The molecular formula is C19H20N4O2. The number of anilines is 2. The van der Waals surface area contributed by atoms with Crippen molar-refractivity contribution in [1.29, 1.82) is 0 Å². The summed E-state index contributed by atoms with van der Waals surface area (Å²) in [6.45, 7) is 0.779. The third-order valence-corrected chi connectivity index (χ3v) is 3.99. The number of benzene rings is 2. The van der Waals surface area contributed by atoms with Crippen LogP contribution in [0.4, 0.5) is 17.1 Å². The van der Waals surface area contributed by atoms with Crippen LogP contribution in [0.3, 0.4) is 0 Å². The Kier molecular flexibility index (Phi) is 4.70. The van der Waals surface area contributed by atoms with Crippen molar-refractivity contribution >= 4 is 23.1 Å². The van der Waals surface area contributed by atoms with E-state index in [9.17, 15) is 10.1 Å². The van der Waals surface area contributed by atoms with Gasteiger partial charge in [0.2, 0.25) is 0 Å². The predicted molar refractivity (Wildman–Crippen MR) is 101 cm³/mol. The lowest BCUT2D eigenvalue weighted by molar-refractivity contribution is -0.384. The van der Waals surface area contributed by atoms with Crippen molar-refractivity contribution in [2.45, 2.75) is 0 Å². The highest BCUT2D eigenvalue weighted by Gasteiger charge is 2.12. The van der Waals surface area contributed by atoms with E-state index in [4.69, 9.17) is 0 Å². The zero-order valence-electron chi connectivity index (χ0n) is 14.2. The highest BCUT2D eigenvalue weighted by molar-refractivity contribution is 5.59. The summed E-state index contributed by atoms with van der Waals surface area (Å²) in [5.41, 5.74) is 7.61. The number of nitrogens with zero attached hydrogens (tertiary/aromatic N) is 3. The van der Waals surface area contributed by atoms with E-state index >= 15 is 0 Å². The molecule has 0 aliphatic carbocycles. The maximum Gasteiger partial charge on any atom is 0.269 e. The van der Waals surface area contributed by atoms with Gasteiger partial charge in [0.15, 0.2) is 0 Å². The normalized spacial score (nSPS) is 13.7. The molecule has 0 fully saturated rings. The van der Waals surface area contributed by atoms with Crippen molar-refractivity contribution in [2.75, 3.05) is 30.5 Å². The van der Waals surface area contributed by atoms with Crippen LogP contribution in [0.25, 0.3) is 6.08 Å². The van der Waals surface area contributed by atoms with Gasteiger partial charge in [-0.1, -0.05) is 6.08 Å². The van der Waals surface area contributed by atoms with Gasteiger partial charge >= 0.3 is 0 Å². The number of non-ortho nitro benzene ring substituents is 1. The van der Waals surface area contributed by atoms with Gasteiger partial charge in [0.1, 0.15) is 0 Å². The lowest BCUT2D eigenvalue weighted by atomic mass is 10.2. The summed E-state index contributed by atoms with van der Waals surface area (Å²) in [5, 5.41) is 12.7. The quantitative estimate of drug-likeness (QED) is 0.668. The molecule has 2 aromatic carbocycles. The van der Waals surface area contributed by atoms with Crippen LogP contribution in [-0.2, 0) is 0 Å². The Bertz CT molecular complexity index is 808. The molecule has 6 nitrogen and oxygen atoms in total. The maximum atomic E-state index is 10.7. The van der Waals surface area contributed by atoms with Crippen molar-refractivity contribution in [1.82, 2.24) is 5.43 Å². The fourth-order valence-electron chi connectivity index (χ4n) is 2.54. The van der Waals surface area contributed by atoms with Crippen molar-refractivity contribution in [3.8, 4) is 0 Å². The number of nitro benzene ring substituents is 1. The van der Waals surface area contributed by atoms with E-state index in [0.717, 1.165) is 29.2 Å². The summed E-state index contributed by atoms with van der Waals surface area (Å²) >= 11 is 0. The first-order valence-electron chi connectivity index (χ1n) is 7.97. The van der Waals surface area contributed by atoms with Crippen molar-refractivity contribution in [3.05, 3.63) is 82.1 Å². The Labute approximate surface area is 146 Å². The molecule has 2 aromatic rings. The molecule has 1 heterocycles. The van der Waals surface area contributed by atoms with Crippen LogP contribution in [0.15, 0.2) is 66.4 Å². The lowest BCUT2D eigenvalue weighted by Crippen LogP contribution is -2.31. The zero-order valence-corrected chi connectivity index (χ0v) is 14.2. The summed E-state index contributed by atoms with van der Waals surface area (Å²) in [4.78, 5) is 12.3. The monoisotopic (exact) mass is 336 g/mol. The Morgan fingerprint density at radius 2 is 1.76 bits per heavy atom. The fourth-order valence-corrected chi connectivity index (χ4v) is 2.54. The van der Waals surface area contributed by atoms with Crippen LogP contribution in [-0.4, -0.2) is 25.6 Å². The Morgan fingerprint density at radius 1 is 1.08 bits per heavy atom. The molecule has 0 atom stereocenters. The number of nitrogens with one attached hydrogen (secondary N) is 1. The van der Waals surface area contributed by atoms with Gasteiger partial charge in [-0.25, -0.2) is 0 Å². The molecule has 0 spiro atoms. The van der Waals surface area contributed by atoms with Crippen molar-refractivity contribution in [3.63, 3.8) is 0 Å². The molecule has 0 unspecified atom stereocenters. The van der Waals surface area contributed by atoms with Gasteiger partial charge in [-0.15, -0.1) is 0 Å². The smallest absolute Gasteiger partial charge is 0.269 e. The van der Waals surface area contributed by atoms with Gasteiger partial charge in [0.05, 0.1) is 22.9 Å². The first kappa shape index (κ1) is 16.6.